The number of nitrogens with zero attached hydrogens (tertiary/aromatic N) is 1. The first kappa shape index (κ1) is 16.6. The van der Waals surface area contributed by atoms with Crippen LogP contribution >= 0.6 is 11.8 Å². The Morgan fingerprint density at radius 2 is 1.88 bits per heavy atom. The lowest BCUT2D eigenvalue weighted by molar-refractivity contribution is -0.116. The first-order valence-corrected chi connectivity index (χ1v) is 9.01. The lowest BCUT2D eigenvalue weighted by Crippen LogP contribution is -2.36. The molecular weight excluding hydrogens is 320 g/mol. The van der Waals surface area contributed by atoms with Gasteiger partial charge in [-0.05, 0) is 48.7 Å². The SMILES string of the molecule is CC(=O)Nc1ccc(SCC(=O)N2CCCc3ccccc32)cc1. The zero-order valence-electron chi connectivity index (χ0n) is 13.6. The molecule has 24 heavy (non-hydrogen) atoms. The number of thioether (sulfide) groups is 1. The molecule has 2 amide bonds. The van der Waals surface area contributed by atoms with Gasteiger partial charge in [0.15, 0.2) is 0 Å². The van der Waals surface area contributed by atoms with E-state index in [1.165, 1.54) is 24.2 Å². The molecule has 0 saturated carbocycles. The minimum Gasteiger partial charge on any atom is -0.326 e. The summed E-state index contributed by atoms with van der Waals surface area (Å²) in [6, 6.07) is 15.7. The van der Waals surface area contributed by atoms with Crippen molar-refractivity contribution in [2.75, 3.05) is 22.5 Å². The topological polar surface area (TPSA) is 49.4 Å². The van der Waals surface area contributed by atoms with Gasteiger partial charge in [-0.15, -0.1) is 11.8 Å². The molecule has 0 spiro atoms. The molecule has 2 aromatic rings. The molecule has 1 heterocycles. The predicted octanol–water partition coefficient (Wildman–Crippen LogP) is 3.72. The molecule has 0 saturated heterocycles. The van der Waals surface area contributed by atoms with Crippen molar-refractivity contribution in [1.29, 1.82) is 0 Å². The molecule has 0 atom stereocenters. The molecule has 0 bridgehead atoms. The summed E-state index contributed by atoms with van der Waals surface area (Å²) in [5.41, 5.74) is 3.07. The summed E-state index contributed by atoms with van der Waals surface area (Å²) < 4.78 is 0. The van der Waals surface area contributed by atoms with E-state index < -0.39 is 0 Å². The van der Waals surface area contributed by atoms with Crippen molar-refractivity contribution in [1.82, 2.24) is 0 Å². The van der Waals surface area contributed by atoms with Crippen LogP contribution in [0.4, 0.5) is 11.4 Å². The average molecular weight is 340 g/mol. The third-order valence-electron chi connectivity index (χ3n) is 3.95. The second-order valence-corrected chi connectivity index (χ2v) is 6.82. The Kier molecular flexibility index (Phi) is 5.20. The number of aryl methyl sites for hydroxylation is 1. The molecule has 124 valence electrons. The average Bonchev–Trinajstić information content (AvgIpc) is 2.60. The maximum atomic E-state index is 12.6. The van der Waals surface area contributed by atoms with Crippen molar-refractivity contribution < 1.29 is 9.59 Å². The molecule has 0 aromatic heterocycles. The zero-order chi connectivity index (χ0) is 16.9. The summed E-state index contributed by atoms with van der Waals surface area (Å²) in [5.74, 6) is 0.459. The van der Waals surface area contributed by atoms with Crippen molar-refractivity contribution >= 4 is 35.0 Å². The number of nitrogens with one attached hydrogen (secondary N) is 1. The maximum Gasteiger partial charge on any atom is 0.237 e. The number of hydrogen-bond acceptors (Lipinski definition) is 3. The smallest absolute Gasteiger partial charge is 0.237 e. The van der Waals surface area contributed by atoms with E-state index in [0.29, 0.717) is 5.75 Å². The van der Waals surface area contributed by atoms with E-state index in [4.69, 9.17) is 0 Å². The largest absolute Gasteiger partial charge is 0.326 e. The van der Waals surface area contributed by atoms with Crippen LogP contribution in [0, 0.1) is 0 Å². The van der Waals surface area contributed by atoms with E-state index in [2.05, 4.69) is 11.4 Å². The van der Waals surface area contributed by atoms with Gasteiger partial charge in [0.25, 0.3) is 0 Å². The highest BCUT2D eigenvalue weighted by atomic mass is 32.2. The van der Waals surface area contributed by atoms with Crippen molar-refractivity contribution in [2.24, 2.45) is 0 Å². The molecule has 1 aliphatic heterocycles. The zero-order valence-corrected chi connectivity index (χ0v) is 14.4. The maximum absolute atomic E-state index is 12.6. The van der Waals surface area contributed by atoms with Crippen molar-refractivity contribution in [2.45, 2.75) is 24.7 Å². The molecule has 2 aromatic carbocycles. The van der Waals surface area contributed by atoms with Crippen LogP contribution in [-0.2, 0) is 16.0 Å². The standard InChI is InChI=1S/C19H20N2O2S/c1-14(22)20-16-8-10-17(11-9-16)24-13-19(23)21-12-4-6-15-5-2-3-7-18(15)21/h2-3,5,7-11H,4,6,12-13H2,1H3,(H,20,22). The van der Waals surface area contributed by atoms with E-state index in [1.807, 2.05) is 47.4 Å². The highest BCUT2D eigenvalue weighted by Gasteiger charge is 2.21. The predicted molar refractivity (Wildman–Crippen MR) is 98.6 cm³/mol. The molecule has 0 aliphatic carbocycles. The number of hydrogen-bond donors (Lipinski definition) is 1. The third-order valence-corrected chi connectivity index (χ3v) is 4.95. The van der Waals surface area contributed by atoms with Gasteiger partial charge in [0.05, 0.1) is 5.75 Å². The Morgan fingerprint density at radius 1 is 1.12 bits per heavy atom. The van der Waals surface area contributed by atoms with Crippen LogP contribution in [0.1, 0.15) is 18.9 Å². The van der Waals surface area contributed by atoms with Crippen LogP contribution in [0.15, 0.2) is 53.4 Å². The summed E-state index contributed by atoms with van der Waals surface area (Å²) in [7, 11) is 0. The van der Waals surface area contributed by atoms with Crippen LogP contribution in [0.2, 0.25) is 0 Å². The fourth-order valence-corrected chi connectivity index (χ4v) is 3.63. The summed E-state index contributed by atoms with van der Waals surface area (Å²) in [6.45, 7) is 2.27. The van der Waals surface area contributed by atoms with Crippen molar-refractivity contribution in [3.8, 4) is 0 Å². The molecule has 4 nitrogen and oxygen atoms in total. The lowest BCUT2D eigenvalue weighted by atomic mass is 10.0. The number of anilines is 2. The molecule has 1 aliphatic rings. The number of rotatable bonds is 4. The first-order chi connectivity index (χ1) is 11.6. The molecule has 3 rings (SSSR count). The number of carbonyl (C=O) groups is 2. The Balaban J connectivity index is 1.61. The van der Waals surface area contributed by atoms with Crippen molar-refractivity contribution in [3.63, 3.8) is 0 Å². The molecule has 0 unspecified atom stereocenters. The van der Waals surface area contributed by atoms with Crippen LogP contribution in [0.5, 0.6) is 0 Å². The van der Waals surface area contributed by atoms with E-state index >= 15 is 0 Å². The van der Waals surface area contributed by atoms with Crippen LogP contribution in [-0.4, -0.2) is 24.1 Å². The molecule has 1 N–H and O–H groups in total. The minimum atomic E-state index is -0.0886. The van der Waals surface area contributed by atoms with E-state index in [9.17, 15) is 9.59 Å². The summed E-state index contributed by atoms with van der Waals surface area (Å²) in [4.78, 5) is 26.5. The van der Waals surface area contributed by atoms with E-state index in [0.717, 1.165) is 35.7 Å². The Morgan fingerprint density at radius 3 is 2.62 bits per heavy atom. The highest BCUT2D eigenvalue weighted by Crippen LogP contribution is 2.28. The fourth-order valence-electron chi connectivity index (χ4n) is 2.85. The quantitative estimate of drug-likeness (QED) is 0.863. The van der Waals surface area contributed by atoms with Gasteiger partial charge in [-0.2, -0.15) is 0 Å². The van der Waals surface area contributed by atoms with Gasteiger partial charge >= 0.3 is 0 Å². The van der Waals surface area contributed by atoms with Gasteiger partial charge in [-0.25, -0.2) is 0 Å². The summed E-state index contributed by atoms with van der Waals surface area (Å²) >= 11 is 1.52. The number of amides is 2. The van der Waals surface area contributed by atoms with E-state index in [1.54, 1.807) is 0 Å². The number of benzene rings is 2. The van der Waals surface area contributed by atoms with E-state index in [-0.39, 0.29) is 11.8 Å². The first-order valence-electron chi connectivity index (χ1n) is 8.02. The second kappa shape index (κ2) is 7.53. The van der Waals surface area contributed by atoms with Crippen LogP contribution in [0.25, 0.3) is 0 Å². The summed E-state index contributed by atoms with van der Waals surface area (Å²) in [5, 5.41) is 2.74. The fraction of sp³-hybridized carbons (Fsp3) is 0.263. The van der Waals surface area contributed by atoms with Crippen LogP contribution in [0.3, 0.4) is 0 Å². The third kappa shape index (κ3) is 3.97. The number of carbonyl (C=O) groups excluding carboxylic acids is 2. The van der Waals surface area contributed by atoms with Crippen molar-refractivity contribution in [3.05, 3.63) is 54.1 Å². The lowest BCUT2D eigenvalue weighted by Gasteiger charge is -2.29. The Hall–Kier alpha value is -2.27. The van der Waals surface area contributed by atoms with Gasteiger partial charge in [0, 0.05) is 29.7 Å². The van der Waals surface area contributed by atoms with Gasteiger partial charge in [0.2, 0.25) is 11.8 Å². The molecular formula is C19H20N2O2S. The molecule has 5 heteroatoms. The Bertz CT molecular complexity index is 743. The van der Waals surface area contributed by atoms with Gasteiger partial charge in [0.1, 0.15) is 0 Å². The van der Waals surface area contributed by atoms with Gasteiger partial charge < -0.3 is 10.2 Å². The van der Waals surface area contributed by atoms with Gasteiger partial charge in [-0.3, -0.25) is 9.59 Å². The normalized spacial score (nSPS) is 13.3. The summed E-state index contributed by atoms with van der Waals surface area (Å²) in [6.07, 6.45) is 2.05. The minimum absolute atomic E-state index is 0.0886. The van der Waals surface area contributed by atoms with Gasteiger partial charge in [-0.1, -0.05) is 18.2 Å². The van der Waals surface area contributed by atoms with Crippen LogP contribution < -0.4 is 10.2 Å². The molecule has 0 fully saturated rings. The second-order valence-electron chi connectivity index (χ2n) is 5.77. The highest BCUT2D eigenvalue weighted by molar-refractivity contribution is 8.00. The Labute approximate surface area is 146 Å². The number of fused-ring (bicyclic) bond motifs is 1. The molecule has 0 radical (unpaired) electrons. The number of para-hydroxylation sites is 1. The monoisotopic (exact) mass is 340 g/mol.